The molecule has 0 bridgehead atoms. The van der Waals surface area contributed by atoms with E-state index in [2.05, 4.69) is 4.84 Å². The van der Waals surface area contributed by atoms with Crippen LogP contribution in [-0.4, -0.2) is 41.8 Å². The summed E-state index contributed by atoms with van der Waals surface area (Å²) >= 11 is 5.97. The van der Waals surface area contributed by atoms with E-state index in [4.69, 9.17) is 16.3 Å². The molecule has 1 N–H and O–H groups in total. The zero-order valence-electron chi connectivity index (χ0n) is 18.3. The van der Waals surface area contributed by atoms with E-state index in [1.165, 1.54) is 7.11 Å². The predicted octanol–water partition coefficient (Wildman–Crippen LogP) is 4.49. The molecule has 0 spiro atoms. The van der Waals surface area contributed by atoms with Crippen LogP contribution in [0.25, 0.3) is 0 Å². The number of halogens is 1. The number of hydrogen-bond donors (Lipinski definition) is 1. The third-order valence-electron chi connectivity index (χ3n) is 6.18. The van der Waals surface area contributed by atoms with Crippen LogP contribution in [0.4, 0.5) is 5.69 Å². The maximum atomic E-state index is 13.5. The summed E-state index contributed by atoms with van der Waals surface area (Å²) in [4.78, 5) is 41.9. The summed E-state index contributed by atoms with van der Waals surface area (Å²) in [6.07, 6.45) is 1.03. The number of amides is 1. The molecular weight excluding hydrogens is 452 g/mol. The number of carboxylic acids is 1. The molecule has 2 aromatic carbocycles. The molecule has 2 aromatic rings. The summed E-state index contributed by atoms with van der Waals surface area (Å²) in [7, 11) is 1.52. The number of ether oxygens (including phenoxy) is 1. The molecule has 0 aromatic heterocycles. The first kappa shape index (κ1) is 24.3. The van der Waals surface area contributed by atoms with Gasteiger partial charge >= 0.3 is 5.97 Å². The van der Waals surface area contributed by atoms with Crippen molar-refractivity contribution >= 4 is 29.2 Å². The molecule has 1 amide bonds. The molecule has 33 heavy (non-hydrogen) atoms. The third-order valence-corrected chi connectivity index (χ3v) is 6.43. The zero-order chi connectivity index (χ0) is 24.2. The Morgan fingerprint density at radius 3 is 2.52 bits per heavy atom. The van der Waals surface area contributed by atoms with Crippen LogP contribution in [0, 0.1) is 10.1 Å². The van der Waals surface area contributed by atoms with Crippen molar-refractivity contribution in [2.45, 2.75) is 44.1 Å². The van der Waals surface area contributed by atoms with Gasteiger partial charge in [0.1, 0.15) is 5.75 Å². The lowest BCUT2D eigenvalue weighted by atomic mass is 9.70. The zero-order valence-corrected chi connectivity index (χ0v) is 19.1. The number of benzene rings is 2. The number of fused-ring (bicyclic) bond motifs is 1. The summed E-state index contributed by atoms with van der Waals surface area (Å²) in [5, 5.41) is 19.9. The Labute approximate surface area is 196 Å². The lowest BCUT2D eigenvalue weighted by Gasteiger charge is -2.36. The topological polar surface area (TPSA) is 119 Å². The number of anilines is 1. The number of carboxylic acid groups (broad SMARTS) is 1. The quantitative estimate of drug-likeness (QED) is 0.305. The second kappa shape index (κ2) is 10.1. The van der Waals surface area contributed by atoms with E-state index in [0.717, 1.165) is 0 Å². The van der Waals surface area contributed by atoms with E-state index in [-0.39, 0.29) is 18.9 Å². The lowest BCUT2D eigenvalue weighted by molar-refractivity contribution is -0.757. The summed E-state index contributed by atoms with van der Waals surface area (Å²) in [6, 6.07) is 11.3. The Hall–Kier alpha value is -3.33. The molecule has 1 aliphatic heterocycles. The summed E-state index contributed by atoms with van der Waals surface area (Å²) in [6.45, 7) is 1.75. The van der Waals surface area contributed by atoms with Crippen LogP contribution in [0.3, 0.4) is 0 Å². The van der Waals surface area contributed by atoms with Crippen LogP contribution in [-0.2, 0) is 15.0 Å². The lowest BCUT2D eigenvalue weighted by Crippen LogP contribution is -2.46. The molecule has 0 aliphatic carbocycles. The molecule has 0 fully saturated rings. The van der Waals surface area contributed by atoms with Gasteiger partial charge in [-0.2, -0.15) is 0 Å². The minimum atomic E-state index is -1.00. The van der Waals surface area contributed by atoms with E-state index in [0.29, 0.717) is 46.8 Å². The SMILES string of the molecule is COc1ccc2c(c1)C(CCCCO[N+](=O)[O-])(CC(=O)O)C(C)N2C(=O)c1ccc(Cl)cc1. The maximum Gasteiger partial charge on any atom is 0.304 e. The van der Waals surface area contributed by atoms with Crippen molar-refractivity contribution in [2.75, 3.05) is 18.6 Å². The number of unbranched alkanes of at least 4 members (excludes halogenated alkanes) is 1. The van der Waals surface area contributed by atoms with Gasteiger partial charge < -0.3 is 19.6 Å². The van der Waals surface area contributed by atoms with Gasteiger partial charge in [-0.15, -0.1) is 10.1 Å². The highest BCUT2D eigenvalue weighted by Gasteiger charge is 2.51. The van der Waals surface area contributed by atoms with Crippen LogP contribution < -0.4 is 9.64 Å². The molecule has 0 saturated heterocycles. The first-order chi connectivity index (χ1) is 15.7. The Kier molecular flexibility index (Phi) is 7.43. The van der Waals surface area contributed by atoms with Crippen molar-refractivity contribution in [3.63, 3.8) is 0 Å². The van der Waals surface area contributed by atoms with E-state index < -0.39 is 22.5 Å². The monoisotopic (exact) mass is 476 g/mol. The highest BCUT2D eigenvalue weighted by molar-refractivity contribution is 6.30. The van der Waals surface area contributed by atoms with E-state index in [1.54, 1.807) is 47.4 Å². The maximum absolute atomic E-state index is 13.5. The van der Waals surface area contributed by atoms with Crippen LogP contribution in [0.1, 0.15) is 48.5 Å². The average molecular weight is 477 g/mol. The molecule has 176 valence electrons. The largest absolute Gasteiger partial charge is 0.497 e. The minimum absolute atomic E-state index is 0.0804. The van der Waals surface area contributed by atoms with Crippen LogP contribution in [0.15, 0.2) is 42.5 Å². The Morgan fingerprint density at radius 1 is 1.21 bits per heavy atom. The molecule has 0 radical (unpaired) electrons. The van der Waals surface area contributed by atoms with Gasteiger partial charge in [-0.05, 0) is 67.8 Å². The number of rotatable bonds is 10. The van der Waals surface area contributed by atoms with Crippen LogP contribution >= 0.6 is 11.6 Å². The number of carbonyl (C=O) groups excluding carboxylic acids is 1. The van der Waals surface area contributed by atoms with E-state index in [1.807, 2.05) is 6.92 Å². The van der Waals surface area contributed by atoms with Gasteiger partial charge in [0.2, 0.25) is 0 Å². The number of methoxy groups -OCH3 is 1. The average Bonchev–Trinajstić information content (AvgIpc) is 3.00. The molecular formula is C23H25ClN2O7. The van der Waals surface area contributed by atoms with Crippen LogP contribution in [0.5, 0.6) is 5.75 Å². The van der Waals surface area contributed by atoms with Crippen molar-refractivity contribution in [3.8, 4) is 5.75 Å². The van der Waals surface area contributed by atoms with Crippen molar-refractivity contribution in [3.05, 3.63) is 68.7 Å². The molecule has 2 atom stereocenters. The van der Waals surface area contributed by atoms with Crippen molar-refractivity contribution in [2.24, 2.45) is 0 Å². The molecule has 2 unspecified atom stereocenters. The van der Waals surface area contributed by atoms with Gasteiger partial charge in [0.25, 0.3) is 11.0 Å². The van der Waals surface area contributed by atoms with Gasteiger partial charge in [0, 0.05) is 27.7 Å². The number of carbonyl (C=O) groups is 2. The summed E-state index contributed by atoms with van der Waals surface area (Å²) < 4.78 is 5.38. The molecule has 1 aliphatic rings. The second-order valence-electron chi connectivity index (χ2n) is 7.98. The molecule has 3 rings (SSSR count). The number of nitrogens with zero attached hydrogens (tertiary/aromatic N) is 2. The van der Waals surface area contributed by atoms with Crippen LogP contribution in [0.2, 0.25) is 5.02 Å². The van der Waals surface area contributed by atoms with Crippen molar-refractivity contribution < 1.29 is 29.4 Å². The van der Waals surface area contributed by atoms with Crippen molar-refractivity contribution in [1.82, 2.24) is 0 Å². The fourth-order valence-corrected chi connectivity index (χ4v) is 4.70. The Balaban J connectivity index is 2.02. The highest BCUT2D eigenvalue weighted by atomic mass is 35.5. The predicted molar refractivity (Wildman–Crippen MR) is 121 cm³/mol. The Morgan fingerprint density at radius 2 is 1.91 bits per heavy atom. The molecule has 10 heteroatoms. The minimum Gasteiger partial charge on any atom is -0.497 e. The number of hydrogen-bond acceptors (Lipinski definition) is 6. The third kappa shape index (κ3) is 5.03. The van der Waals surface area contributed by atoms with E-state index in [9.17, 15) is 24.8 Å². The summed E-state index contributed by atoms with van der Waals surface area (Å²) in [5.74, 6) is -0.722. The fourth-order valence-electron chi connectivity index (χ4n) is 4.57. The molecule has 9 nitrogen and oxygen atoms in total. The highest BCUT2D eigenvalue weighted by Crippen LogP contribution is 2.52. The normalized spacial score (nSPS) is 19.1. The van der Waals surface area contributed by atoms with Gasteiger partial charge in [-0.1, -0.05) is 18.0 Å². The Bertz CT molecular complexity index is 1040. The first-order valence-corrected chi connectivity index (χ1v) is 10.8. The number of aliphatic carboxylic acids is 1. The van der Waals surface area contributed by atoms with Gasteiger partial charge in [0.05, 0.1) is 20.1 Å². The fraction of sp³-hybridized carbons (Fsp3) is 0.391. The van der Waals surface area contributed by atoms with Gasteiger partial charge in [-0.3, -0.25) is 9.59 Å². The van der Waals surface area contributed by atoms with Gasteiger partial charge in [0.15, 0.2) is 0 Å². The van der Waals surface area contributed by atoms with Gasteiger partial charge in [-0.25, -0.2) is 0 Å². The van der Waals surface area contributed by atoms with E-state index >= 15 is 0 Å². The van der Waals surface area contributed by atoms with Crippen molar-refractivity contribution in [1.29, 1.82) is 0 Å². The first-order valence-electron chi connectivity index (χ1n) is 10.5. The molecule has 0 saturated carbocycles. The smallest absolute Gasteiger partial charge is 0.304 e. The second-order valence-corrected chi connectivity index (χ2v) is 8.42. The summed E-state index contributed by atoms with van der Waals surface area (Å²) in [5.41, 5.74) is 0.839. The standard InChI is InChI=1S/C23H25ClN2O7/c1-15-23(14-21(27)28,11-3-4-12-33-26(30)31)19-13-18(32-2)9-10-20(19)25(15)22(29)16-5-7-17(24)8-6-16/h5-10,13,15H,3-4,11-12,14H2,1-2H3,(H,27,28). The molecule has 1 heterocycles.